The highest BCUT2D eigenvalue weighted by molar-refractivity contribution is 6.32. The Balaban J connectivity index is 2.62. The lowest BCUT2D eigenvalue weighted by atomic mass is 10.1. The fourth-order valence-corrected chi connectivity index (χ4v) is 2.52. The fourth-order valence-electron chi connectivity index (χ4n) is 2.16. The van der Waals surface area contributed by atoms with Crippen LogP contribution in [0.1, 0.15) is 38.8 Å². The van der Waals surface area contributed by atoms with Crippen molar-refractivity contribution in [3.8, 4) is 0 Å². The summed E-state index contributed by atoms with van der Waals surface area (Å²) < 4.78 is 10.3. The van der Waals surface area contributed by atoms with Crippen molar-refractivity contribution in [2.75, 3.05) is 18.4 Å². The van der Waals surface area contributed by atoms with Crippen LogP contribution >= 0.6 is 11.6 Å². The van der Waals surface area contributed by atoms with E-state index in [1.807, 2.05) is 6.92 Å². The lowest BCUT2D eigenvalue weighted by Crippen LogP contribution is -2.34. The first kappa shape index (κ1) is 22.7. The molecule has 0 heterocycles. The van der Waals surface area contributed by atoms with E-state index < -0.39 is 23.6 Å². The van der Waals surface area contributed by atoms with E-state index in [2.05, 4.69) is 10.6 Å². The van der Waals surface area contributed by atoms with Crippen LogP contribution in [-0.4, -0.2) is 41.8 Å². The maximum atomic E-state index is 11.9. The average Bonchev–Trinajstić information content (AvgIpc) is 2.52. The number of hydrogen-bond donors (Lipinski definition) is 3. The Morgan fingerprint density at radius 1 is 1.15 bits per heavy atom. The Labute approximate surface area is 163 Å². The second kappa shape index (κ2) is 10.1. The van der Waals surface area contributed by atoms with Gasteiger partial charge in [-0.25, -0.2) is 4.79 Å². The van der Waals surface area contributed by atoms with Crippen molar-refractivity contribution >= 4 is 35.3 Å². The van der Waals surface area contributed by atoms with Crippen LogP contribution in [-0.2, 0) is 32.1 Å². The predicted octanol–water partition coefficient (Wildman–Crippen LogP) is 2.97. The van der Waals surface area contributed by atoms with Crippen molar-refractivity contribution in [3.63, 3.8) is 0 Å². The molecule has 0 saturated carbocycles. The fraction of sp³-hybridized carbons (Fsp3) is 0.500. The molecular weight excluding hydrogens is 376 g/mol. The molecule has 1 rings (SSSR count). The molecule has 1 aromatic carbocycles. The molecule has 150 valence electrons. The van der Waals surface area contributed by atoms with Crippen LogP contribution in [0.15, 0.2) is 12.1 Å². The highest BCUT2D eigenvalue weighted by Crippen LogP contribution is 2.29. The third-order valence-corrected chi connectivity index (χ3v) is 3.75. The lowest BCUT2D eigenvalue weighted by Gasteiger charge is -2.19. The SMILES string of the molecule is CCc1ccc(NC(=O)O)c(COC(=O)CNCC(=O)OC(C)(C)C)c1Cl. The zero-order chi connectivity index (χ0) is 20.6. The number of esters is 2. The first-order chi connectivity index (χ1) is 12.5. The summed E-state index contributed by atoms with van der Waals surface area (Å²) in [5.74, 6) is -1.10. The van der Waals surface area contributed by atoms with Crippen LogP contribution in [0.25, 0.3) is 0 Å². The molecule has 0 aliphatic carbocycles. The number of aryl methyl sites for hydroxylation is 1. The quantitative estimate of drug-likeness (QED) is 0.574. The molecule has 8 nitrogen and oxygen atoms in total. The van der Waals surface area contributed by atoms with E-state index in [4.69, 9.17) is 26.2 Å². The molecule has 0 aromatic heterocycles. The lowest BCUT2D eigenvalue weighted by molar-refractivity contribution is -0.153. The summed E-state index contributed by atoms with van der Waals surface area (Å²) in [5, 5.41) is 14.1. The van der Waals surface area contributed by atoms with Crippen molar-refractivity contribution in [1.82, 2.24) is 5.32 Å². The van der Waals surface area contributed by atoms with E-state index in [0.29, 0.717) is 17.0 Å². The number of carbonyl (C=O) groups excluding carboxylic acids is 2. The molecule has 0 atom stereocenters. The molecule has 0 fully saturated rings. The van der Waals surface area contributed by atoms with Crippen molar-refractivity contribution in [1.29, 1.82) is 0 Å². The van der Waals surface area contributed by atoms with Crippen LogP contribution in [0.4, 0.5) is 10.5 Å². The van der Waals surface area contributed by atoms with Gasteiger partial charge >= 0.3 is 18.0 Å². The Hall–Kier alpha value is -2.32. The van der Waals surface area contributed by atoms with Gasteiger partial charge in [-0.2, -0.15) is 0 Å². The highest BCUT2D eigenvalue weighted by Gasteiger charge is 2.17. The molecule has 1 aromatic rings. The topological polar surface area (TPSA) is 114 Å². The third kappa shape index (κ3) is 8.27. The van der Waals surface area contributed by atoms with Gasteiger partial charge in [-0.05, 0) is 38.8 Å². The number of carbonyl (C=O) groups is 3. The third-order valence-electron chi connectivity index (χ3n) is 3.28. The molecule has 0 aliphatic heterocycles. The number of hydrogen-bond acceptors (Lipinski definition) is 6. The number of amides is 1. The van der Waals surface area contributed by atoms with Crippen LogP contribution in [0, 0.1) is 0 Å². The minimum absolute atomic E-state index is 0.135. The van der Waals surface area contributed by atoms with Gasteiger partial charge in [-0.1, -0.05) is 24.6 Å². The van der Waals surface area contributed by atoms with E-state index in [1.165, 1.54) is 0 Å². The van der Waals surface area contributed by atoms with E-state index in [9.17, 15) is 14.4 Å². The standard InChI is InChI=1S/C18H25ClN2O6/c1-5-11-6-7-13(21-17(24)25)12(16(11)19)10-26-14(22)8-20-9-15(23)27-18(2,3)4/h6-7,20-21H,5,8-10H2,1-4H3,(H,24,25). The molecule has 27 heavy (non-hydrogen) atoms. The van der Waals surface area contributed by atoms with Gasteiger partial charge in [0.05, 0.1) is 23.8 Å². The summed E-state index contributed by atoms with van der Waals surface area (Å²) in [6.07, 6.45) is -0.605. The molecule has 3 N–H and O–H groups in total. The second-order valence-electron chi connectivity index (χ2n) is 6.70. The number of halogens is 1. The largest absolute Gasteiger partial charge is 0.465 e. The first-order valence-corrected chi connectivity index (χ1v) is 8.79. The Bertz CT molecular complexity index is 700. The maximum absolute atomic E-state index is 11.9. The van der Waals surface area contributed by atoms with Gasteiger partial charge in [0.2, 0.25) is 0 Å². The molecule has 0 aliphatic rings. The van der Waals surface area contributed by atoms with Gasteiger partial charge in [0.15, 0.2) is 0 Å². The number of benzene rings is 1. The summed E-state index contributed by atoms with van der Waals surface area (Å²) >= 11 is 6.29. The zero-order valence-electron chi connectivity index (χ0n) is 15.8. The van der Waals surface area contributed by atoms with Crippen LogP contribution < -0.4 is 10.6 Å². The second-order valence-corrected chi connectivity index (χ2v) is 7.08. The van der Waals surface area contributed by atoms with E-state index in [1.54, 1.807) is 32.9 Å². The zero-order valence-corrected chi connectivity index (χ0v) is 16.6. The number of rotatable bonds is 8. The monoisotopic (exact) mass is 400 g/mol. The average molecular weight is 401 g/mol. The van der Waals surface area contributed by atoms with Gasteiger partial charge in [-0.3, -0.25) is 20.2 Å². The van der Waals surface area contributed by atoms with Crippen LogP contribution in [0.5, 0.6) is 0 Å². The van der Waals surface area contributed by atoms with E-state index in [-0.39, 0.29) is 25.4 Å². The number of nitrogens with one attached hydrogen (secondary N) is 2. The van der Waals surface area contributed by atoms with Gasteiger partial charge < -0.3 is 14.6 Å². The van der Waals surface area contributed by atoms with Gasteiger partial charge in [-0.15, -0.1) is 0 Å². The molecule has 1 amide bonds. The smallest absolute Gasteiger partial charge is 0.409 e. The van der Waals surface area contributed by atoms with Gasteiger partial charge in [0.1, 0.15) is 12.2 Å². The molecule has 0 saturated heterocycles. The normalized spacial score (nSPS) is 11.0. The Kier molecular flexibility index (Phi) is 8.52. The summed E-state index contributed by atoms with van der Waals surface area (Å²) in [5.41, 5.74) is 0.827. The summed E-state index contributed by atoms with van der Waals surface area (Å²) in [6.45, 7) is 6.61. The van der Waals surface area contributed by atoms with E-state index >= 15 is 0 Å². The first-order valence-electron chi connectivity index (χ1n) is 8.42. The van der Waals surface area contributed by atoms with Gasteiger partial charge in [0.25, 0.3) is 0 Å². The number of ether oxygens (including phenoxy) is 2. The van der Waals surface area contributed by atoms with Crippen LogP contribution in [0.3, 0.4) is 0 Å². The molecule has 0 unspecified atom stereocenters. The maximum Gasteiger partial charge on any atom is 0.409 e. The van der Waals surface area contributed by atoms with Crippen LogP contribution in [0.2, 0.25) is 5.02 Å². The molecule has 0 spiro atoms. The van der Waals surface area contributed by atoms with Crippen molar-refractivity contribution in [3.05, 3.63) is 28.3 Å². The Morgan fingerprint density at radius 2 is 1.78 bits per heavy atom. The molecule has 9 heteroatoms. The van der Waals surface area contributed by atoms with E-state index in [0.717, 1.165) is 5.56 Å². The molecule has 0 radical (unpaired) electrons. The number of anilines is 1. The summed E-state index contributed by atoms with van der Waals surface area (Å²) in [7, 11) is 0. The van der Waals surface area contributed by atoms with Crippen molar-refractivity contribution < 1.29 is 29.0 Å². The summed E-state index contributed by atoms with van der Waals surface area (Å²) in [4.78, 5) is 34.3. The van der Waals surface area contributed by atoms with Crippen molar-refractivity contribution in [2.24, 2.45) is 0 Å². The predicted molar refractivity (Wildman–Crippen MR) is 101 cm³/mol. The molecular formula is C18H25ClN2O6. The number of carboxylic acid groups (broad SMARTS) is 1. The minimum atomic E-state index is -1.25. The van der Waals surface area contributed by atoms with Crippen molar-refractivity contribution in [2.45, 2.75) is 46.3 Å². The molecule has 0 bridgehead atoms. The minimum Gasteiger partial charge on any atom is -0.465 e. The van der Waals surface area contributed by atoms with Gasteiger partial charge in [0, 0.05) is 5.56 Å². The Morgan fingerprint density at radius 3 is 2.33 bits per heavy atom. The highest BCUT2D eigenvalue weighted by atomic mass is 35.5. The summed E-state index contributed by atoms with van der Waals surface area (Å²) in [6, 6.07) is 3.28.